The molecule has 0 amide bonds. The molecule has 3 heteroatoms. The van der Waals surface area contributed by atoms with Crippen LogP contribution >= 0.6 is 0 Å². The van der Waals surface area contributed by atoms with Crippen molar-refractivity contribution in [2.75, 3.05) is 13.1 Å². The fraction of sp³-hybridized carbons (Fsp3) is 0.727. The molecule has 0 aliphatic carbocycles. The molecule has 0 spiro atoms. The Bertz CT molecular complexity index is 235. The molecule has 0 radical (unpaired) electrons. The Hall–Kier alpha value is -0.830. The predicted molar refractivity (Wildman–Crippen MR) is 56.2 cm³/mol. The van der Waals surface area contributed by atoms with E-state index < -0.39 is 5.97 Å². The molecule has 1 aliphatic rings. The van der Waals surface area contributed by atoms with Gasteiger partial charge in [-0.05, 0) is 32.7 Å². The fourth-order valence-corrected chi connectivity index (χ4v) is 2.26. The maximum atomic E-state index is 10.7. The van der Waals surface area contributed by atoms with Crippen LogP contribution in [0.4, 0.5) is 0 Å². The lowest BCUT2D eigenvalue weighted by Crippen LogP contribution is -2.43. The molecule has 0 aromatic rings. The lowest BCUT2D eigenvalue weighted by atomic mass is 9.86. The first-order valence-corrected chi connectivity index (χ1v) is 5.06. The van der Waals surface area contributed by atoms with Crippen LogP contribution in [-0.2, 0) is 4.79 Å². The number of likely N-dealkylation sites (tertiary alicyclic amines) is 1. The molecule has 1 N–H and O–H groups in total. The zero-order chi connectivity index (χ0) is 10.8. The van der Waals surface area contributed by atoms with Crippen LogP contribution in [0.1, 0.15) is 26.7 Å². The SMILES string of the molecule is C=CCN1CCC(CC(=O)O)C1(C)C. The maximum Gasteiger partial charge on any atom is 0.303 e. The van der Waals surface area contributed by atoms with E-state index in [1.165, 1.54) is 0 Å². The Morgan fingerprint density at radius 2 is 2.36 bits per heavy atom. The van der Waals surface area contributed by atoms with Crippen LogP contribution in [0, 0.1) is 5.92 Å². The smallest absolute Gasteiger partial charge is 0.303 e. The molecule has 0 aromatic carbocycles. The highest BCUT2D eigenvalue weighted by atomic mass is 16.4. The van der Waals surface area contributed by atoms with Crippen molar-refractivity contribution in [1.29, 1.82) is 0 Å². The molecule has 1 heterocycles. The normalized spacial score (nSPS) is 26.3. The van der Waals surface area contributed by atoms with Crippen molar-refractivity contribution in [3.63, 3.8) is 0 Å². The molecular weight excluding hydrogens is 178 g/mol. The topological polar surface area (TPSA) is 40.5 Å². The van der Waals surface area contributed by atoms with Crippen molar-refractivity contribution in [1.82, 2.24) is 4.90 Å². The monoisotopic (exact) mass is 197 g/mol. The largest absolute Gasteiger partial charge is 0.481 e. The molecular formula is C11H19NO2. The van der Waals surface area contributed by atoms with E-state index in [9.17, 15) is 4.79 Å². The van der Waals surface area contributed by atoms with Crippen LogP contribution in [0.2, 0.25) is 0 Å². The molecule has 14 heavy (non-hydrogen) atoms. The van der Waals surface area contributed by atoms with Crippen LogP contribution in [0.5, 0.6) is 0 Å². The van der Waals surface area contributed by atoms with E-state index in [1.54, 1.807) is 0 Å². The summed E-state index contributed by atoms with van der Waals surface area (Å²) in [6.45, 7) is 9.80. The predicted octanol–water partition coefficient (Wildman–Crippen LogP) is 1.75. The second-order valence-electron chi connectivity index (χ2n) is 4.47. The number of rotatable bonds is 4. The molecule has 1 unspecified atom stereocenters. The molecule has 0 bridgehead atoms. The third kappa shape index (κ3) is 2.15. The van der Waals surface area contributed by atoms with Gasteiger partial charge in [0.15, 0.2) is 0 Å². The first-order valence-electron chi connectivity index (χ1n) is 5.06. The molecule has 1 fully saturated rings. The lowest BCUT2D eigenvalue weighted by molar-refractivity contribution is -0.138. The summed E-state index contributed by atoms with van der Waals surface area (Å²) in [6.07, 6.45) is 3.14. The Labute approximate surface area is 85.4 Å². The molecule has 0 saturated carbocycles. The Balaban J connectivity index is 2.64. The Kier molecular flexibility index (Phi) is 3.32. The quantitative estimate of drug-likeness (QED) is 0.698. The van der Waals surface area contributed by atoms with Crippen LogP contribution in [0.3, 0.4) is 0 Å². The molecule has 0 aromatic heterocycles. The van der Waals surface area contributed by atoms with Gasteiger partial charge in [-0.1, -0.05) is 6.08 Å². The summed E-state index contributed by atoms with van der Waals surface area (Å²) in [5, 5.41) is 8.78. The zero-order valence-electron chi connectivity index (χ0n) is 8.99. The minimum atomic E-state index is -0.691. The number of hydrogen-bond acceptors (Lipinski definition) is 2. The van der Waals surface area contributed by atoms with E-state index in [0.717, 1.165) is 19.5 Å². The number of nitrogens with zero attached hydrogens (tertiary/aromatic N) is 1. The van der Waals surface area contributed by atoms with Gasteiger partial charge in [-0.15, -0.1) is 6.58 Å². The summed E-state index contributed by atoms with van der Waals surface area (Å²) < 4.78 is 0. The average Bonchev–Trinajstić information content (AvgIpc) is 2.31. The number of carboxylic acid groups (broad SMARTS) is 1. The molecule has 1 aliphatic heterocycles. The van der Waals surface area contributed by atoms with E-state index in [0.29, 0.717) is 0 Å². The van der Waals surface area contributed by atoms with Crippen LogP contribution in [-0.4, -0.2) is 34.6 Å². The highest BCUT2D eigenvalue weighted by molar-refractivity contribution is 5.67. The molecule has 80 valence electrons. The van der Waals surface area contributed by atoms with Crippen molar-refractivity contribution in [3.05, 3.63) is 12.7 Å². The third-order valence-electron chi connectivity index (χ3n) is 3.33. The minimum absolute atomic E-state index is 0.00736. The standard InChI is InChI=1S/C11H19NO2/c1-4-6-12-7-5-9(8-10(13)14)11(12,2)3/h4,9H,1,5-8H2,2-3H3,(H,13,14). The summed E-state index contributed by atoms with van der Waals surface area (Å²) in [5.41, 5.74) is -0.00736. The van der Waals surface area contributed by atoms with E-state index >= 15 is 0 Å². The van der Waals surface area contributed by atoms with Crippen molar-refractivity contribution in [2.45, 2.75) is 32.2 Å². The lowest BCUT2D eigenvalue weighted by Gasteiger charge is -2.34. The van der Waals surface area contributed by atoms with Gasteiger partial charge >= 0.3 is 5.97 Å². The van der Waals surface area contributed by atoms with E-state index in [2.05, 4.69) is 25.3 Å². The minimum Gasteiger partial charge on any atom is -0.481 e. The number of hydrogen-bond donors (Lipinski definition) is 1. The van der Waals surface area contributed by atoms with Crippen molar-refractivity contribution in [2.24, 2.45) is 5.92 Å². The van der Waals surface area contributed by atoms with Crippen molar-refractivity contribution < 1.29 is 9.90 Å². The molecule has 3 nitrogen and oxygen atoms in total. The zero-order valence-corrected chi connectivity index (χ0v) is 8.99. The Morgan fingerprint density at radius 1 is 1.71 bits per heavy atom. The third-order valence-corrected chi connectivity index (χ3v) is 3.33. The van der Waals surface area contributed by atoms with Crippen molar-refractivity contribution in [3.8, 4) is 0 Å². The second-order valence-corrected chi connectivity index (χ2v) is 4.47. The van der Waals surface area contributed by atoms with Gasteiger partial charge in [0.2, 0.25) is 0 Å². The average molecular weight is 197 g/mol. The van der Waals surface area contributed by atoms with Gasteiger partial charge in [0, 0.05) is 18.5 Å². The summed E-state index contributed by atoms with van der Waals surface area (Å²) >= 11 is 0. The summed E-state index contributed by atoms with van der Waals surface area (Å²) in [4.78, 5) is 13.0. The maximum absolute atomic E-state index is 10.7. The molecule has 1 atom stereocenters. The second kappa shape index (κ2) is 4.13. The summed E-state index contributed by atoms with van der Waals surface area (Å²) in [7, 11) is 0. The van der Waals surface area contributed by atoms with E-state index in [1.807, 2.05) is 6.08 Å². The van der Waals surface area contributed by atoms with Gasteiger partial charge in [-0.3, -0.25) is 9.69 Å². The fourth-order valence-electron chi connectivity index (χ4n) is 2.26. The van der Waals surface area contributed by atoms with Crippen LogP contribution in [0.25, 0.3) is 0 Å². The molecule has 1 saturated heterocycles. The number of carbonyl (C=O) groups is 1. The first-order chi connectivity index (χ1) is 6.48. The highest BCUT2D eigenvalue weighted by Gasteiger charge is 2.41. The van der Waals surface area contributed by atoms with Gasteiger partial charge in [-0.2, -0.15) is 0 Å². The van der Waals surface area contributed by atoms with Gasteiger partial charge < -0.3 is 5.11 Å². The van der Waals surface area contributed by atoms with E-state index in [-0.39, 0.29) is 17.9 Å². The van der Waals surface area contributed by atoms with Gasteiger partial charge in [-0.25, -0.2) is 0 Å². The summed E-state index contributed by atoms with van der Waals surface area (Å²) in [5.74, 6) is -0.427. The Morgan fingerprint density at radius 3 is 2.86 bits per heavy atom. The van der Waals surface area contributed by atoms with Gasteiger partial charge in [0.1, 0.15) is 0 Å². The van der Waals surface area contributed by atoms with Crippen LogP contribution < -0.4 is 0 Å². The number of carboxylic acids is 1. The van der Waals surface area contributed by atoms with E-state index in [4.69, 9.17) is 5.11 Å². The highest BCUT2D eigenvalue weighted by Crippen LogP contribution is 2.36. The van der Waals surface area contributed by atoms with Crippen LogP contribution in [0.15, 0.2) is 12.7 Å². The number of aliphatic carboxylic acids is 1. The summed E-state index contributed by atoms with van der Waals surface area (Å²) in [6, 6.07) is 0. The first kappa shape index (κ1) is 11.2. The van der Waals surface area contributed by atoms with Crippen molar-refractivity contribution >= 4 is 5.97 Å². The van der Waals surface area contributed by atoms with Gasteiger partial charge in [0.05, 0.1) is 0 Å². The van der Waals surface area contributed by atoms with Gasteiger partial charge in [0.25, 0.3) is 0 Å². The molecule has 1 rings (SSSR count).